The molecular formula is C15H15BrN4O. The Kier molecular flexibility index (Phi) is 3.51. The minimum Gasteiger partial charge on any atom is -0.389 e. The Morgan fingerprint density at radius 1 is 1.29 bits per heavy atom. The van der Waals surface area contributed by atoms with Gasteiger partial charge in [0.05, 0.1) is 29.6 Å². The summed E-state index contributed by atoms with van der Waals surface area (Å²) in [6, 6.07) is 5.83. The normalized spacial score (nSPS) is 12.0. The monoisotopic (exact) mass is 346 g/mol. The van der Waals surface area contributed by atoms with Crippen molar-refractivity contribution in [3.8, 4) is 11.3 Å². The van der Waals surface area contributed by atoms with E-state index in [0.717, 1.165) is 26.8 Å². The average molecular weight is 347 g/mol. The number of rotatable bonds is 3. The van der Waals surface area contributed by atoms with E-state index in [1.807, 2.05) is 24.4 Å². The number of pyridine rings is 2. The lowest BCUT2D eigenvalue weighted by Crippen LogP contribution is -2.26. The van der Waals surface area contributed by atoms with Gasteiger partial charge in [-0.25, -0.2) is 9.97 Å². The molecule has 0 spiro atoms. The third kappa shape index (κ3) is 3.28. The highest BCUT2D eigenvalue weighted by Crippen LogP contribution is 2.22. The molecule has 0 aliphatic carbocycles. The van der Waals surface area contributed by atoms with E-state index in [4.69, 9.17) is 0 Å². The van der Waals surface area contributed by atoms with Crippen molar-refractivity contribution in [3.63, 3.8) is 0 Å². The van der Waals surface area contributed by atoms with Crippen molar-refractivity contribution in [2.24, 2.45) is 0 Å². The Hall–Kier alpha value is -1.79. The summed E-state index contributed by atoms with van der Waals surface area (Å²) >= 11 is 3.36. The van der Waals surface area contributed by atoms with Crippen LogP contribution in [0, 0.1) is 0 Å². The van der Waals surface area contributed by atoms with Crippen molar-refractivity contribution >= 4 is 26.8 Å². The summed E-state index contributed by atoms with van der Waals surface area (Å²) in [6.45, 7) is 3.95. The van der Waals surface area contributed by atoms with Gasteiger partial charge in [0, 0.05) is 23.3 Å². The van der Waals surface area contributed by atoms with Crippen molar-refractivity contribution < 1.29 is 5.11 Å². The van der Waals surface area contributed by atoms with E-state index in [1.165, 1.54) is 0 Å². The molecule has 0 aliphatic heterocycles. The second-order valence-corrected chi connectivity index (χ2v) is 6.45. The van der Waals surface area contributed by atoms with E-state index < -0.39 is 5.60 Å². The van der Waals surface area contributed by atoms with Gasteiger partial charge in [0.15, 0.2) is 0 Å². The first kappa shape index (κ1) is 14.2. The Morgan fingerprint density at radius 2 is 2.10 bits per heavy atom. The molecule has 3 heterocycles. The van der Waals surface area contributed by atoms with Gasteiger partial charge in [0.25, 0.3) is 0 Å². The summed E-state index contributed by atoms with van der Waals surface area (Å²) in [5.74, 6) is 0. The van der Waals surface area contributed by atoms with Crippen LogP contribution in [0.1, 0.15) is 13.8 Å². The molecule has 3 aromatic heterocycles. The van der Waals surface area contributed by atoms with Crippen LogP contribution < -0.4 is 0 Å². The molecule has 21 heavy (non-hydrogen) atoms. The molecule has 0 amide bonds. The fourth-order valence-corrected chi connectivity index (χ4v) is 2.45. The first-order chi connectivity index (χ1) is 9.90. The number of aromatic nitrogens is 4. The predicted molar refractivity (Wildman–Crippen MR) is 84.8 cm³/mol. The van der Waals surface area contributed by atoms with E-state index >= 15 is 0 Å². The van der Waals surface area contributed by atoms with Crippen LogP contribution in [0.4, 0.5) is 0 Å². The topological polar surface area (TPSA) is 63.8 Å². The SMILES string of the molecule is CC(C)(O)Cn1cc(-c2ccc3cnc(Br)cc3n2)cn1. The molecule has 6 heteroatoms. The number of halogens is 1. The molecule has 0 saturated heterocycles. The Labute approximate surface area is 130 Å². The maximum absolute atomic E-state index is 9.83. The molecule has 0 atom stereocenters. The molecule has 0 saturated carbocycles. The average Bonchev–Trinajstić information content (AvgIpc) is 2.84. The highest BCUT2D eigenvalue weighted by atomic mass is 79.9. The molecule has 0 radical (unpaired) electrons. The molecular weight excluding hydrogens is 332 g/mol. The van der Waals surface area contributed by atoms with E-state index in [9.17, 15) is 5.11 Å². The number of fused-ring (bicyclic) bond motifs is 1. The van der Waals surface area contributed by atoms with Crippen molar-refractivity contribution in [1.82, 2.24) is 19.7 Å². The van der Waals surface area contributed by atoms with Crippen molar-refractivity contribution in [1.29, 1.82) is 0 Å². The van der Waals surface area contributed by atoms with Gasteiger partial charge in [-0.1, -0.05) is 0 Å². The summed E-state index contributed by atoms with van der Waals surface area (Å²) < 4.78 is 2.49. The number of hydrogen-bond acceptors (Lipinski definition) is 4. The highest BCUT2D eigenvalue weighted by Gasteiger charge is 2.14. The van der Waals surface area contributed by atoms with Gasteiger partial charge in [0.1, 0.15) is 4.60 Å². The lowest BCUT2D eigenvalue weighted by Gasteiger charge is -2.16. The summed E-state index contributed by atoms with van der Waals surface area (Å²) in [5.41, 5.74) is 1.86. The predicted octanol–water partition coefficient (Wildman–Crippen LogP) is 3.03. The Morgan fingerprint density at radius 3 is 2.86 bits per heavy atom. The first-order valence-electron chi connectivity index (χ1n) is 6.58. The van der Waals surface area contributed by atoms with Crippen LogP contribution in [0.2, 0.25) is 0 Å². The van der Waals surface area contributed by atoms with E-state index in [0.29, 0.717) is 6.54 Å². The molecule has 108 valence electrons. The lowest BCUT2D eigenvalue weighted by molar-refractivity contribution is 0.0577. The second-order valence-electron chi connectivity index (χ2n) is 5.64. The zero-order valence-corrected chi connectivity index (χ0v) is 13.4. The van der Waals surface area contributed by atoms with Crippen LogP contribution in [0.5, 0.6) is 0 Å². The zero-order valence-electron chi connectivity index (χ0n) is 11.8. The van der Waals surface area contributed by atoms with E-state index in [1.54, 1.807) is 30.9 Å². The van der Waals surface area contributed by atoms with Crippen LogP contribution in [-0.4, -0.2) is 30.5 Å². The highest BCUT2D eigenvalue weighted by molar-refractivity contribution is 9.10. The van der Waals surface area contributed by atoms with Gasteiger partial charge in [-0.3, -0.25) is 4.68 Å². The maximum atomic E-state index is 9.83. The maximum Gasteiger partial charge on any atom is 0.108 e. The van der Waals surface area contributed by atoms with Crippen molar-refractivity contribution in [3.05, 3.63) is 41.4 Å². The summed E-state index contributed by atoms with van der Waals surface area (Å²) in [5, 5.41) is 15.1. The summed E-state index contributed by atoms with van der Waals surface area (Å²) in [4.78, 5) is 8.82. The van der Waals surface area contributed by atoms with Crippen LogP contribution in [0.3, 0.4) is 0 Å². The summed E-state index contributed by atoms with van der Waals surface area (Å²) in [6.07, 6.45) is 5.44. The van der Waals surface area contributed by atoms with Crippen LogP contribution in [0.15, 0.2) is 41.4 Å². The quantitative estimate of drug-likeness (QED) is 0.740. The van der Waals surface area contributed by atoms with E-state index in [-0.39, 0.29) is 0 Å². The molecule has 3 rings (SSSR count). The van der Waals surface area contributed by atoms with Gasteiger partial charge in [-0.15, -0.1) is 0 Å². The molecule has 0 fully saturated rings. The minimum absolute atomic E-state index is 0.441. The molecule has 3 aromatic rings. The third-order valence-electron chi connectivity index (χ3n) is 3.02. The van der Waals surface area contributed by atoms with Crippen molar-refractivity contribution in [2.75, 3.05) is 0 Å². The Balaban J connectivity index is 1.96. The van der Waals surface area contributed by atoms with E-state index in [2.05, 4.69) is 31.0 Å². The number of nitrogens with zero attached hydrogens (tertiary/aromatic N) is 4. The molecule has 1 N–H and O–H groups in total. The van der Waals surface area contributed by atoms with Crippen LogP contribution >= 0.6 is 15.9 Å². The van der Waals surface area contributed by atoms with Gasteiger partial charge in [-0.2, -0.15) is 5.10 Å². The number of hydrogen-bond donors (Lipinski definition) is 1. The molecule has 0 unspecified atom stereocenters. The fourth-order valence-electron chi connectivity index (χ4n) is 2.13. The minimum atomic E-state index is -0.795. The molecule has 5 nitrogen and oxygen atoms in total. The fraction of sp³-hybridized carbons (Fsp3) is 0.267. The van der Waals surface area contributed by atoms with Gasteiger partial charge in [-0.05, 0) is 48.0 Å². The largest absolute Gasteiger partial charge is 0.389 e. The van der Waals surface area contributed by atoms with Gasteiger partial charge in [0.2, 0.25) is 0 Å². The first-order valence-corrected chi connectivity index (χ1v) is 7.37. The molecule has 0 aliphatic rings. The Bertz CT molecular complexity index is 792. The standard InChI is InChI=1S/C15H15BrN4O/c1-15(2,21)9-20-8-11(7-18-20)12-4-3-10-6-17-14(16)5-13(10)19-12/h3-8,21H,9H2,1-2H3. The summed E-state index contributed by atoms with van der Waals surface area (Å²) in [7, 11) is 0. The number of aliphatic hydroxyl groups is 1. The lowest BCUT2D eigenvalue weighted by atomic mass is 10.1. The smallest absolute Gasteiger partial charge is 0.108 e. The second kappa shape index (κ2) is 5.20. The van der Waals surface area contributed by atoms with Crippen LogP contribution in [0.25, 0.3) is 22.2 Å². The van der Waals surface area contributed by atoms with Crippen LogP contribution in [-0.2, 0) is 6.54 Å². The molecule has 0 aromatic carbocycles. The third-order valence-corrected chi connectivity index (χ3v) is 3.45. The van der Waals surface area contributed by atoms with Crippen molar-refractivity contribution in [2.45, 2.75) is 26.0 Å². The zero-order chi connectivity index (χ0) is 15.0. The van der Waals surface area contributed by atoms with Gasteiger partial charge >= 0.3 is 0 Å². The van der Waals surface area contributed by atoms with Gasteiger partial charge < -0.3 is 5.11 Å². The molecule has 0 bridgehead atoms.